The van der Waals surface area contributed by atoms with E-state index in [0.717, 1.165) is 49.7 Å². The molecule has 0 amide bonds. The Morgan fingerprint density at radius 1 is 1.16 bits per heavy atom. The molecular formula is C19H24N3O3+. The number of non-ortho nitro benzene ring substituents is 1. The summed E-state index contributed by atoms with van der Waals surface area (Å²) in [5.74, 6) is 0.937. The predicted octanol–water partition coefficient (Wildman–Crippen LogP) is 1.90. The second kappa shape index (κ2) is 7.98. The number of hydrogen-bond acceptors (Lipinski definition) is 4. The molecule has 132 valence electrons. The van der Waals surface area contributed by atoms with Crippen molar-refractivity contribution in [2.45, 2.75) is 13.5 Å². The van der Waals surface area contributed by atoms with Gasteiger partial charge in [-0.05, 0) is 19.1 Å². The van der Waals surface area contributed by atoms with Crippen molar-refractivity contribution in [2.75, 3.05) is 37.7 Å². The quantitative estimate of drug-likeness (QED) is 0.643. The third-order valence-electron chi connectivity index (χ3n) is 4.55. The molecule has 0 bridgehead atoms. The van der Waals surface area contributed by atoms with E-state index in [1.165, 1.54) is 4.90 Å². The van der Waals surface area contributed by atoms with Crippen molar-refractivity contribution >= 4 is 11.4 Å². The van der Waals surface area contributed by atoms with Crippen LogP contribution in [0.5, 0.6) is 5.75 Å². The first-order valence-corrected chi connectivity index (χ1v) is 8.71. The van der Waals surface area contributed by atoms with E-state index in [1.54, 1.807) is 18.2 Å². The Kier molecular flexibility index (Phi) is 5.50. The maximum Gasteiger partial charge on any atom is 0.269 e. The normalized spacial score (nSPS) is 15.2. The zero-order valence-electron chi connectivity index (χ0n) is 14.5. The van der Waals surface area contributed by atoms with Crippen molar-refractivity contribution in [1.29, 1.82) is 0 Å². The van der Waals surface area contributed by atoms with Crippen molar-refractivity contribution in [2.24, 2.45) is 0 Å². The molecule has 0 aromatic heterocycles. The van der Waals surface area contributed by atoms with Crippen LogP contribution < -0.4 is 14.5 Å². The van der Waals surface area contributed by atoms with Gasteiger partial charge in [-0.15, -0.1) is 0 Å². The molecule has 6 heteroatoms. The number of anilines is 1. The molecule has 3 rings (SSSR count). The van der Waals surface area contributed by atoms with Crippen molar-refractivity contribution in [3.8, 4) is 5.75 Å². The van der Waals surface area contributed by atoms with Crippen LogP contribution in [0.3, 0.4) is 0 Å². The van der Waals surface area contributed by atoms with Crippen LogP contribution in [0.15, 0.2) is 48.5 Å². The molecule has 0 unspecified atom stereocenters. The lowest BCUT2D eigenvalue weighted by molar-refractivity contribution is -0.914. The van der Waals surface area contributed by atoms with Crippen molar-refractivity contribution in [3.05, 3.63) is 64.2 Å². The largest absolute Gasteiger partial charge is 0.492 e. The van der Waals surface area contributed by atoms with Gasteiger partial charge in [0.15, 0.2) is 0 Å². The minimum absolute atomic E-state index is 0.168. The standard InChI is InChI=1S/C19H23N3O3/c1-2-25-19-9-4-3-8-18(19)21-12-10-20(11-13-21)15-16-6-5-7-17(14-16)22(23)24/h3-9,14H,2,10-13,15H2,1H3/p+1. The smallest absolute Gasteiger partial charge is 0.269 e. The fraction of sp³-hybridized carbons (Fsp3) is 0.368. The van der Waals surface area contributed by atoms with Gasteiger partial charge in [-0.25, -0.2) is 0 Å². The van der Waals surface area contributed by atoms with Gasteiger partial charge in [0.05, 0.1) is 43.4 Å². The van der Waals surface area contributed by atoms with E-state index in [4.69, 9.17) is 4.74 Å². The molecule has 1 N–H and O–H groups in total. The molecule has 2 aromatic carbocycles. The van der Waals surface area contributed by atoms with E-state index in [9.17, 15) is 10.1 Å². The van der Waals surface area contributed by atoms with Gasteiger partial charge in [-0.3, -0.25) is 10.1 Å². The Labute approximate surface area is 147 Å². The third-order valence-corrected chi connectivity index (χ3v) is 4.55. The topological polar surface area (TPSA) is 60.0 Å². The lowest BCUT2D eigenvalue weighted by atomic mass is 10.1. The molecule has 1 aliphatic heterocycles. The lowest BCUT2D eigenvalue weighted by Crippen LogP contribution is -3.13. The second-order valence-electron chi connectivity index (χ2n) is 6.24. The van der Waals surface area contributed by atoms with Gasteiger partial charge >= 0.3 is 0 Å². The molecule has 0 atom stereocenters. The third kappa shape index (κ3) is 4.28. The number of benzene rings is 2. The summed E-state index contributed by atoms with van der Waals surface area (Å²) in [6.45, 7) is 7.39. The fourth-order valence-electron chi connectivity index (χ4n) is 3.31. The van der Waals surface area contributed by atoms with Crippen LogP contribution in [0.25, 0.3) is 0 Å². The molecule has 6 nitrogen and oxygen atoms in total. The highest BCUT2D eigenvalue weighted by Gasteiger charge is 2.22. The molecule has 0 radical (unpaired) electrons. The Balaban J connectivity index is 1.61. The molecule has 25 heavy (non-hydrogen) atoms. The van der Waals surface area contributed by atoms with Crippen LogP contribution in [0.2, 0.25) is 0 Å². The van der Waals surface area contributed by atoms with Crippen LogP contribution in [-0.2, 0) is 6.54 Å². The highest BCUT2D eigenvalue weighted by Crippen LogP contribution is 2.27. The number of hydrogen-bond donors (Lipinski definition) is 1. The zero-order valence-corrected chi connectivity index (χ0v) is 14.5. The first kappa shape index (κ1) is 17.2. The number of para-hydroxylation sites is 2. The number of quaternary nitrogens is 1. The van der Waals surface area contributed by atoms with E-state index < -0.39 is 0 Å². The number of rotatable bonds is 6. The lowest BCUT2D eigenvalue weighted by Gasteiger charge is -2.34. The maximum absolute atomic E-state index is 10.9. The van der Waals surface area contributed by atoms with Gasteiger partial charge in [0, 0.05) is 17.7 Å². The van der Waals surface area contributed by atoms with Gasteiger partial charge in [0.1, 0.15) is 12.3 Å². The first-order chi connectivity index (χ1) is 12.2. The van der Waals surface area contributed by atoms with E-state index in [2.05, 4.69) is 11.0 Å². The number of nitro groups is 1. The van der Waals surface area contributed by atoms with Gasteiger partial charge in [-0.1, -0.05) is 24.3 Å². The first-order valence-electron chi connectivity index (χ1n) is 8.71. The summed E-state index contributed by atoms with van der Waals surface area (Å²) in [6, 6.07) is 15.1. The number of nitrogens with one attached hydrogen (secondary N) is 1. The average molecular weight is 342 g/mol. The highest BCUT2D eigenvalue weighted by molar-refractivity contribution is 5.58. The van der Waals surface area contributed by atoms with Crippen LogP contribution in [-0.4, -0.2) is 37.7 Å². The predicted molar refractivity (Wildman–Crippen MR) is 97.3 cm³/mol. The minimum Gasteiger partial charge on any atom is -0.492 e. The van der Waals surface area contributed by atoms with E-state index in [1.807, 2.05) is 31.2 Å². The summed E-state index contributed by atoms with van der Waals surface area (Å²) in [5, 5.41) is 10.9. The molecule has 1 aliphatic rings. The van der Waals surface area contributed by atoms with Crippen LogP contribution in [0.4, 0.5) is 11.4 Å². The second-order valence-corrected chi connectivity index (χ2v) is 6.24. The number of ether oxygens (including phenoxy) is 1. The molecule has 1 fully saturated rings. The molecule has 0 aliphatic carbocycles. The fourth-order valence-corrected chi connectivity index (χ4v) is 3.31. The van der Waals surface area contributed by atoms with Gasteiger partial charge < -0.3 is 14.5 Å². The van der Waals surface area contributed by atoms with Crippen molar-refractivity contribution in [3.63, 3.8) is 0 Å². The highest BCUT2D eigenvalue weighted by atomic mass is 16.6. The number of nitrogens with zero attached hydrogens (tertiary/aromatic N) is 2. The Morgan fingerprint density at radius 2 is 1.92 bits per heavy atom. The van der Waals surface area contributed by atoms with Gasteiger partial charge in [0.2, 0.25) is 0 Å². The summed E-state index contributed by atoms with van der Waals surface area (Å²) in [5.41, 5.74) is 2.34. The Morgan fingerprint density at radius 3 is 2.64 bits per heavy atom. The SMILES string of the molecule is CCOc1ccccc1N1CC[NH+](Cc2cccc([N+](=O)[O-])c2)CC1. The molecule has 1 heterocycles. The molecule has 1 saturated heterocycles. The summed E-state index contributed by atoms with van der Waals surface area (Å²) in [6.07, 6.45) is 0. The summed E-state index contributed by atoms with van der Waals surface area (Å²) in [4.78, 5) is 14.4. The van der Waals surface area contributed by atoms with Crippen molar-refractivity contribution < 1.29 is 14.6 Å². The number of nitro benzene ring substituents is 1. The van der Waals surface area contributed by atoms with E-state index >= 15 is 0 Å². The van der Waals surface area contributed by atoms with Crippen molar-refractivity contribution in [1.82, 2.24) is 0 Å². The van der Waals surface area contributed by atoms with E-state index in [-0.39, 0.29) is 10.6 Å². The van der Waals surface area contributed by atoms with Crippen LogP contribution >= 0.6 is 0 Å². The minimum atomic E-state index is -0.332. The number of piperazine rings is 1. The molecule has 0 spiro atoms. The monoisotopic (exact) mass is 342 g/mol. The molecule has 0 saturated carbocycles. The van der Waals surface area contributed by atoms with Crippen LogP contribution in [0.1, 0.15) is 12.5 Å². The maximum atomic E-state index is 10.9. The van der Waals surface area contributed by atoms with Gasteiger partial charge in [0.25, 0.3) is 5.69 Å². The van der Waals surface area contributed by atoms with E-state index in [0.29, 0.717) is 6.61 Å². The Hall–Kier alpha value is -2.60. The summed E-state index contributed by atoms with van der Waals surface area (Å²) < 4.78 is 5.74. The average Bonchev–Trinajstić information content (AvgIpc) is 2.63. The molecule has 2 aromatic rings. The molecular weight excluding hydrogens is 318 g/mol. The zero-order chi connectivity index (χ0) is 17.6. The Bertz CT molecular complexity index is 727. The van der Waals surface area contributed by atoms with Gasteiger partial charge in [-0.2, -0.15) is 0 Å². The van der Waals surface area contributed by atoms with Crippen LogP contribution in [0, 0.1) is 10.1 Å². The summed E-state index contributed by atoms with van der Waals surface area (Å²) in [7, 11) is 0. The summed E-state index contributed by atoms with van der Waals surface area (Å²) >= 11 is 0.